The molecule has 0 saturated carbocycles. The minimum Gasteiger partial charge on any atom is -0.300 e. The zero-order chi connectivity index (χ0) is 14.3. The van der Waals surface area contributed by atoms with Crippen LogP contribution in [0.5, 0.6) is 0 Å². The predicted molar refractivity (Wildman–Crippen MR) is 82.6 cm³/mol. The third-order valence-corrected chi connectivity index (χ3v) is 4.23. The number of nitrogens with two attached hydrogens (primary N) is 1. The summed E-state index contributed by atoms with van der Waals surface area (Å²) in [6.45, 7) is 14.3. The molecule has 0 aromatic rings. The van der Waals surface area contributed by atoms with Gasteiger partial charge in [-0.2, -0.15) is 0 Å². The third kappa shape index (κ3) is 3.91. The average molecular weight is 270 g/mol. The molecule has 0 bridgehead atoms. The van der Waals surface area contributed by atoms with Gasteiger partial charge >= 0.3 is 0 Å². The van der Waals surface area contributed by atoms with Gasteiger partial charge in [-0.15, -0.1) is 0 Å². The normalized spacial score (nSPS) is 25.4. The van der Waals surface area contributed by atoms with Crippen molar-refractivity contribution in [1.82, 2.24) is 14.9 Å². The molecule has 0 aliphatic carbocycles. The summed E-state index contributed by atoms with van der Waals surface area (Å²) in [5.41, 5.74) is 6.84. The van der Waals surface area contributed by atoms with Crippen LogP contribution in [-0.2, 0) is 0 Å². The van der Waals surface area contributed by atoms with E-state index in [-0.39, 0.29) is 5.79 Å². The van der Waals surface area contributed by atoms with Crippen molar-refractivity contribution in [3.8, 4) is 0 Å². The minimum atomic E-state index is -0.272. The van der Waals surface area contributed by atoms with Gasteiger partial charge in [0.05, 0.1) is 0 Å². The van der Waals surface area contributed by atoms with Crippen LogP contribution in [0.1, 0.15) is 59.8 Å². The standard InChI is InChI=1S/C15H34N4/c1-5-12-18(13-6-2)19-14-10-9-11-15(19,16)17(7-3)8-4/h5-14,16H2,1-4H3. The summed E-state index contributed by atoms with van der Waals surface area (Å²) in [6.07, 6.45) is 5.97. The molecule has 0 aromatic heterocycles. The number of nitrogens with zero attached hydrogens (tertiary/aromatic N) is 3. The van der Waals surface area contributed by atoms with Crippen molar-refractivity contribution in [1.29, 1.82) is 0 Å². The topological polar surface area (TPSA) is 35.7 Å². The summed E-state index contributed by atoms with van der Waals surface area (Å²) < 4.78 is 0. The van der Waals surface area contributed by atoms with Crippen LogP contribution in [0.25, 0.3) is 0 Å². The first-order valence-electron chi connectivity index (χ1n) is 8.20. The highest BCUT2D eigenvalue weighted by Crippen LogP contribution is 2.28. The van der Waals surface area contributed by atoms with Gasteiger partial charge in [-0.05, 0) is 45.2 Å². The van der Waals surface area contributed by atoms with Crippen molar-refractivity contribution < 1.29 is 0 Å². The van der Waals surface area contributed by atoms with Gasteiger partial charge in [0.1, 0.15) is 5.79 Å². The van der Waals surface area contributed by atoms with E-state index in [1.807, 2.05) is 0 Å². The van der Waals surface area contributed by atoms with Gasteiger partial charge < -0.3 is 0 Å². The van der Waals surface area contributed by atoms with E-state index in [1.54, 1.807) is 0 Å². The Kier molecular flexibility index (Phi) is 7.29. The van der Waals surface area contributed by atoms with Crippen molar-refractivity contribution in [2.75, 3.05) is 32.7 Å². The predicted octanol–water partition coefficient (Wildman–Crippen LogP) is 2.46. The van der Waals surface area contributed by atoms with E-state index in [9.17, 15) is 0 Å². The van der Waals surface area contributed by atoms with Gasteiger partial charge in [0, 0.05) is 19.6 Å². The third-order valence-electron chi connectivity index (χ3n) is 4.23. The van der Waals surface area contributed by atoms with Crippen molar-refractivity contribution >= 4 is 0 Å². The molecule has 4 heteroatoms. The Morgan fingerprint density at radius 1 is 1.00 bits per heavy atom. The van der Waals surface area contributed by atoms with Crippen LogP contribution in [0.4, 0.5) is 0 Å². The molecule has 1 saturated heterocycles. The van der Waals surface area contributed by atoms with Gasteiger partial charge in [0.25, 0.3) is 0 Å². The summed E-state index contributed by atoms with van der Waals surface area (Å²) in [7, 11) is 0. The second kappa shape index (κ2) is 8.20. The highest BCUT2D eigenvalue weighted by atomic mass is 15.7. The molecule has 114 valence electrons. The zero-order valence-corrected chi connectivity index (χ0v) is 13.5. The molecule has 1 aliphatic heterocycles. The molecule has 0 amide bonds. The second-order valence-corrected chi connectivity index (χ2v) is 5.58. The SMILES string of the molecule is CCCN(CCC)N1CCCCC1(N)N(CC)CC. The molecule has 1 aliphatic rings. The van der Waals surface area contributed by atoms with Crippen molar-refractivity contribution in [3.05, 3.63) is 0 Å². The Morgan fingerprint density at radius 2 is 1.58 bits per heavy atom. The average Bonchev–Trinajstić information content (AvgIpc) is 2.40. The van der Waals surface area contributed by atoms with Crippen molar-refractivity contribution in [2.45, 2.75) is 65.6 Å². The molecule has 4 nitrogen and oxygen atoms in total. The fraction of sp³-hybridized carbons (Fsp3) is 1.00. The number of hydrogen-bond acceptors (Lipinski definition) is 4. The summed E-state index contributed by atoms with van der Waals surface area (Å²) in [6, 6.07) is 0. The first kappa shape index (κ1) is 16.9. The fourth-order valence-corrected chi connectivity index (χ4v) is 3.32. The highest BCUT2D eigenvalue weighted by molar-refractivity contribution is 4.87. The molecule has 0 spiro atoms. The molecule has 1 unspecified atom stereocenters. The largest absolute Gasteiger partial charge is 0.300 e. The molecule has 19 heavy (non-hydrogen) atoms. The van der Waals surface area contributed by atoms with E-state index in [4.69, 9.17) is 5.73 Å². The quantitative estimate of drug-likeness (QED) is 0.687. The van der Waals surface area contributed by atoms with Crippen LogP contribution in [-0.4, -0.2) is 53.4 Å². The molecule has 2 N–H and O–H groups in total. The Hall–Kier alpha value is -0.160. The lowest BCUT2D eigenvalue weighted by molar-refractivity contribution is -0.193. The van der Waals surface area contributed by atoms with Gasteiger partial charge in [-0.3, -0.25) is 10.6 Å². The maximum atomic E-state index is 6.84. The van der Waals surface area contributed by atoms with E-state index in [1.165, 1.54) is 25.7 Å². The van der Waals surface area contributed by atoms with Crippen molar-refractivity contribution in [3.63, 3.8) is 0 Å². The van der Waals surface area contributed by atoms with Crippen LogP contribution >= 0.6 is 0 Å². The fourth-order valence-electron chi connectivity index (χ4n) is 3.32. The maximum absolute atomic E-state index is 6.84. The van der Waals surface area contributed by atoms with Gasteiger partial charge in [0.15, 0.2) is 0 Å². The Bertz CT molecular complexity index is 236. The van der Waals surface area contributed by atoms with Crippen molar-refractivity contribution in [2.24, 2.45) is 5.73 Å². The highest BCUT2D eigenvalue weighted by Gasteiger charge is 2.41. The number of hydrazine groups is 1. The molecule has 1 atom stereocenters. The van der Waals surface area contributed by atoms with Crippen LogP contribution in [0, 0.1) is 0 Å². The smallest absolute Gasteiger partial charge is 0.138 e. The van der Waals surface area contributed by atoms with Crippen LogP contribution in [0.2, 0.25) is 0 Å². The molecule has 0 radical (unpaired) electrons. The maximum Gasteiger partial charge on any atom is 0.138 e. The van der Waals surface area contributed by atoms with Gasteiger partial charge in [0.2, 0.25) is 0 Å². The Labute approximate surface area is 119 Å². The second-order valence-electron chi connectivity index (χ2n) is 5.58. The first-order chi connectivity index (χ1) is 9.13. The monoisotopic (exact) mass is 270 g/mol. The van der Waals surface area contributed by atoms with Crippen LogP contribution in [0.3, 0.4) is 0 Å². The van der Waals surface area contributed by atoms with Gasteiger partial charge in [-0.25, -0.2) is 10.0 Å². The lowest BCUT2D eigenvalue weighted by atomic mass is 10.0. The summed E-state index contributed by atoms with van der Waals surface area (Å²) >= 11 is 0. The Balaban J connectivity index is 2.90. The lowest BCUT2D eigenvalue weighted by Gasteiger charge is -2.54. The molecule has 0 aromatic carbocycles. The molecule has 1 rings (SSSR count). The number of piperidine rings is 1. The molecular formula is C15H34N4. The Morgan fingerprint density at radius 3 is 2.05 bits per heavy atom. The number of hydrogen-bond donors (Lipinski definition) is 1. The molecule has 1 fully saturated rings. The van der Waals surface area contributed by atoms with E-state index in [0.29, 0.717) is 0 Å². The summed E-state index contributed by atoms with van der Waals surface area (Å²) in [5, 5.41) is 4.97. The molecule has 1 heterocycles. The van der Waals surface area contributed by atoms with E-state index in [2.05, 4.69) is 42.6 Å². The summed E-state index contributed by atoms with van der Waals surface area (Å²) in [5.74, 6) is -0.272. The van der Waals surface area contributed by atoms with E-state index >= 15 is 0 Å². The van der Waals surface area contributed by atoms with Gasteiger partial charge in [-0.1, -0.05) is 27.7 Å². The van der Waals surface area contributed by atoms with E-state index in [0.717, 1.165) is 39.1 Å². The number of rotatable bonds is 8. The minimum absolute atomic E-state index is 0.272. The van der Waals surface area contributed by atoms with Crippen LogP contribution in [0.15, 0.2) is 0 Å². The lowest BCUT2D eigenvalue weighted by Crippen LogP contribution is -2.72. The van der Waals surface area contributed by atoms with Crippen LogP contribution < -0.4 is 5.73 Å². The summed E-state index contributed by atoms with van der Waals surface area (Å²) in [4.78, 5) is 2.42. The van der Waals surface area contributed by atoms with E-state index < -0.39 is 0 Å². The molecular weight excluding hydrogens is 236 g/mol. The first-order valence-corrected chi connectivity index (χ1v) is 8.20. The zero-order valence-electron chi connectivity index (χ0n) is 13.5.